The summed E-state index contributed by atoms with van der Waals surface area (Å²) in [5, 5.41) is 9.43. The molecule has 1 N–H and O–H groups in total. The second kappa shape index (κ2) is 4.93. The molecule has 16 heavy (non-hydrogen) atoms. The maximum atomic E-state index is 9.43. The van der Waals surface area contributed by atoms with Crippen LogP contribution in [-0.2, 0) is 0 Å². The largest absolute Gasteiger partial charge is 0.489 e. The van der Waals surface area contributed by atoms with Crippen molar-refractivity contribution >= 4 is 20.4 Å². The summed E-state index contributed by atoms with van der Waals surface area (Å²) in [5.41, 5.74) is 0.740. The molecule has 2 radical (unpaired) electrons. The number of ether oxygens (including phenoxy) is 1. The second-order valence-corrected chi connectivity index (χ2v) is 4.22. The Hall–Kier alpha value is -0.930. The van der Waals surface area contributed by atoms with Gasteiger partial charge in [0.15, 0.2) is 0 Å². The van der Waals surface area contributed by atoms with Crippen molar-refractivity contribution in [3.8, 4) is 5.75 Å². The quantitative estimate of drug-likeness (QED) is 0.722. The molecule has 82 valence electrons. The van der Waals surface area contributed by atoms with Gasteiger partial charge in [0.2, 0.25) is 0 Å². The van der Waals surface area contributed by atoms with E-state index >= 15 is 0 Å². The van der Waals surface area contributed by atoms with Crippen molar-refractivity contribution < 1.29 is 9.76 Å². The molecule has 1 aromatic rings. The molecule has 2 rings (SSSR count). The van der Waals surface area contributed by atoms with E-state index in [1.807, 2.05) is 29.1 Å². The Morgan fingerprint density at radius 1 is 1.44 bits per heavy atom. The monoisotopic (exact) mass is 215 g/mol. The molecule has 1 aliphatic rings. The molecule has 3 nitrogen and oxygen atoms in total. The first-order valence-corrected chi connectivity index (χ1v) is 5.59. The smallest absolute Gasteiger partial charge is 0.376 e. The summed E-state index contributed by atoms with van der Waals surface area (Å²) < 4.78 is 5.80. The predicted molar refractivity (Wildman–Crippen MR) is 66.3 cm³/mol. The van der Waals surface area contributed by atoms with Crippen LogP contribution in [0.15, 0.2) is 24.3 Å². The summed E-state index contributed by atoms with van der Waals surface area (Å²) in [4.78, 5) is 2.00. The minimum atomic E-state index is -0.389. The van der Waals surface area contributed by atoms with Crippen LogP contribution in [0, 0.1) is 0 Å². The van der Waals surface area contributed by atoms with Crippen molar-refractivity contribution in [2.75, 3.05) is 13.1 Å². The van der Waals surface area contributed by atoms with Gasteiger partial charge in [0.25, 0.3) is 0 Å². The van der Waals surface area contributed by atoms with Gasteiger partial charge in [-0.3, -0.25) is 0 Å². The molecule has 1 saturated heterocycles. The van der Waals surface area contributed by atoms with Crippen molar-refractivity contribution in [3.05, 3.63) is 24.3 Å². The van der Waals surface area contributed by atoms with Gasteiger partial charge >= 0.3 is 7.05 Å². The standard InChI is InChI=1S/C11H15B2NO2/c1-13(15)14-7-6-11(8-14)16-10-4-2-9(12)3-5-10/h2-5,11,15H,6-8H2,1H3/t11-/m0/s1. The lowest BCUT2D eigenvalue weighted by atomic mass is 9.86. The fourth-order valence-electron chi connectivity index (χ4n) is 1.93. The number of rotatable bonds is 3. The molecule has 0 amide bonds. The van der Waals surface area contributed by atoms with Gasteiger partial charge in [-0.25, -0.2) is 0 Å². The molecule has 0 aliphatic carbocycles. The summed E-state index contributed by atoms with van der Waals surface area (Å²) in [6.45, 7) is 3.45. The van der Waals surface area contributed by atoms with E-state index in [4.69, 9.17) is 12.6 Å². The molecule has 1 atom stereocenters. The first-order valence-electron chi connectivity index (χ1n) is 5.59. The first kappa shape index (κ1) is 11.6. The lowest BCUT2D eigenvalue weighted by Gasteiger charge is -2.17. The van der Waals surface area contributed by atoms with Crippen LogP contribution in [0.25, 0.3) is 0 Å². The van der Waals surface area contributed by atoms with Gasteiger partial charge in [0, 0.05) is 6.54 Å². The second-order valence-electron chi connectivity index (χ2n) is 4.22. The zero-order valence-electron chi connectivity index (χ0n) is 9.47. The summed E-state index contributed by atoms with van der Waals surface area (Å²) >= 11 is 0. The Morgan fingerprint density at radius 2 is 2.12 bits per heavy atom. The third kappa shape index (κ3) is 2.80. The maximum Gasteiger partial charge on any atom is 0.376 e. The van der Waals surface area contributed by atoms with Crippen LogP contribution in [0.4, 0.5) is 0 Å². The topological polar surface area (TPSA) is 32.7 Å². The van der Waals surface area contributed by atoms with Gasteiger partial charge in [-0.05, 0) is 31.9 Å². The molecular weight excluding hydrogens is 200 g/mol. The summed E-state index contributed by atoms with van der Waals surface area (Å²) in [5.74, 6) is 0.839. The lowest BCUT2D eigenvalue weighted by Crippen LogP contribution is -2.36. The van der Waals surface area contributed by atoms with Gasteiger partial charge in [-0.1, -0.05) is 17.6 Å². The molecule has 0 spiro atoms. The molecule has 1 aliphatic heterocycles. The molecule has 0 unspecified atom stereocenters. The Labute approximate surface area is 98.0 Å². The van der Waals surface area contributed by atoms with Crippen LogP contribution in [0.1, 0.15) is 6.42 Å². The van der Waals surface area contributed by atoms with Gasteiger partial charge in [-0.2, -0.15) is 0 Å². The summed E-state index contributed by atoms with van der Waals surface area (Å²) in [6, 6.07) is 7.41. The van der Waals surface area contributed by atoms with Gasteiger partial charge in [0.1, 0.15) is 19.7 Å². The van der Waals surface area contributed by atoms with E-state index in [2.05, 4.69) is 0 Å². The van der Waals surface area contributed by atoms with Crippen LogP contribution in [0.2, 0.25) is 6.82 Å². The van der Waals surface area contributed by atoms with Crippen LogP contribution in [0.5, 0.6) is 5.75 Å². The SMILES string of the molecule is [B]c1ccc(O[C@H]2CCN(B(C)O)C2)cc1. The van der Waals surface area contributed by atoms with E-state index < -0.39 is 0 Å². The third-order valence-electron chi connectivity index (χ3n) is 2.89. The molecular formula is C11H15B2NO2. The molecule has 1 aromatic carbocycles. The lowest BCUT2D eigenvalue weighted by molar-refractivity contribution is 0.213. The molecule has 0 bridgehead atoms. The Balaban J connectivity index is 1.89. The van der Waals surface area contributed by atoms with Gasteiger partial charge in [-0.15, -0.1) is 0 Å². The Bertz CT molecular complexity index is 342. The van der Waals surface area contributed by atoms with Crippen LogP contribution in [-0.4, -0.2) is 43.9 Å². The minimum Gasteiger partial charge on any atom is -0.489 e. The Kier molecular flexibility index (Phi) is 3.56. The fourth-order valence-corrected chi connectivity index (χ4v) is 1.93. The summed E-state index contributed by atoms with van der Waals surface area (Å²) in [7, 11) is 5.21. The number of nitrogens with zero attached hydrogens (tertiary/aromatic N) is 1. The third-order valence-corrected chi connectivity index (χ3v) is 2.89. The van der Waals surface area contributed by atoms with E-state index in [1.165, 1.54) is 0 Å². The van der Waals surface area contributed by atoms with Crippen molar-refractivity contribution in [1.82, 2.24) is 4.81 Å². The molecule has 1 fully saturated rings. The number of benzene rings is 1. The maximum absolute atomic E-state index is 9.43. The predicted octanol–water partition coefficient (Wildman–Crippen LogP) is 0.0438. The van der Waals surface area contributed by atoms with E-state index in [0.29, 0.717) is 0 Å². The van der Waals surface area contributed by atoms with Crippen molar-refractivity contribution in [2.45, 2.75) is 19.3 Å². The molecule has 1 heterocycles. The highest BCUT2D eigenvalue weighted by Gasteiger charge is 2.28. The van der Waals surface area contributed by atoms with E-state index in [-0.39, 0.29) is 13.2 Å². The van der Waals surface area contributed by atoms with Crippen LogP contribution in [0.3, 0.4) is 0 Å². The zero-order chi connectivity index (χ0) is 11.5. The normalized spacial score (nSPS) is 21.0. The highest BCUT2D eigenvalue weighted by atomic mass is 16.5. The summed E-state index contributed by atoms with van der Waals surface area (Å²) in [6.07, 6.45) is 1.12. The highest BCUT2D eigenvalue weighted by molar-refractivity contribution is 6.45. The van der Waals surface area contributed by atoms with Gasteiger partial charge < -0.3 is 14.6 Å². The van der Waals surface area contributed by atoms with E-state index in [0.717, 1.165) is 30.7 Å². The van der Waals surface area contributed by atoms with Crippen LogP contribution >= 0.6 is 0 Å². The van der Waals surface area contributed by atoms with Crippen molar-refractivity contribution in [3.63, 3.8) is 0 Å². The molecule has 5 heteroatoms. The van der Waals surface area contributed by atoms with Gasteiger partial charge in [0.05, 0.1) is 0 Å². The average Bonchev–Trinajstić information content (AvgIpc) is 2.70. The molecule has 0 saturated carbocycles. The van der Waals surface area contributed by atoms with Crippen molar-refractivity contribution in [1.29, 1.82) is 0 Å². The molecule has 0 aromatic heterocycles. The Morgan fingerprint density at radius 3 is 2.69 bits per heavy atom. The number of hydrogen-bond donors (Lipinski definition) is 1. The minimum absolute atomic E-state index is 0.165. The highest BCUT2D eigenvalue weighted by Crippen LogP contribution is 2.17. The fraction of sp³-hybridized carbons (Fsp3) is 0.455. The zero-order valence-corrected chi connectivity index (χ0v) is 9.47. The number of hydrogen-bond acceptors (Lipinski definition) is 3. The van der Waals surface area contributed by atoms with Crippen LogP contribution < -0.4 is 10.2 Å². The van der Waals surface area contributed by atoms with E-state index in [1.54, 1.807) is 6.82 Å². The van der Waals surface area contributed by atoms with E-state index in [9.17, 15) is 5.02 Å². The first-order chi connectivity index (χ1) is 7.65. The van der Waals surface area contributed by atoms with Crippen molar-refractivity contribution in [2.24, 2.45) is 0 Å². The average molecular weight is 215 g/mol.